The van der Waals surface area contributed by atoms with Crippen LogP contribution in [0.4, 0.5) is 5.69 Å². The third-order valence-corrected chi connectivity index (χ3v) is 4.94. The van der Waals surface area contributed by atoms with Gasteiger partial charge in [0.25, 0.3) is 5.91 Å². The van der Waals surface area contributed by atoms with Gasteiger partial charge >= 0.3 is 5.97 Å². The van der Waals surface area contributed by atoms with Gasteiger partial charge in [0, 0.05) is 7.05 Å². The van der Waals surface area contributed by atoms with E-state index >= 15 is 0 Å². The second-order valence-corrected chi connectivity index (χ2v) is 8.21. The van der Waals surface area contributed by atoms with Crippen molar-refractivity contribution in [3.05, 3.63) is 64.9 Å². The number of anilines is 1. The Balaban J connectivity index is 1.66. The van der Waals surface area contributed by atoms with Gasteiger partial charge in [0.05, 0.1) is 18.5 Å². The fourth-order valence-electron chi connectivity index (χ4n) is 2.96. The molecule has 164 valence electrons. The number of ether oxygens (including phenoxy) is 2. The molecule has 0 fully saturated rings. The van der Waals surface area contributed by atoms with Gasteiger partial charge in [-0.1, -0.05) is 32.9 Å². The zero-order valence-electron chi connectivity index (χ0n) is 18.6. The molecule has 0 aliphatic carbocycles. The highest BCUT2D eigenvalue weighted by Crippen LogP contribution is 2.25. The Bertz CT molecular complexity index is 1090. The van der Waals surface area contributed by atoms with Crippen molar-refractivity contribution in [1.29, 1.82) is 0 Å². The number of nitrogens with zero attached hydrogens (tertiary/aromatic N) is 2. The number of benzene rings is 1. The van der Waals surface area contributed by atoms with Crippen LogP contribution in [0.5, 0.6) is 5.75 Å². The van der Waals surface area contributed by atoms with Gasteiger partial charge in [-0.2, -0.15) is 5.10 Å². The Kier molecular flexibility index (Phi) is 6.19. The van der Waals surface area contributed by atoms with E-state index in [9.17, 15) is 9.59 Å². The molecule has 0 bridgehead atoms. The van der Waals surface area contributed by atoms with Crippen LogP contribution in [0.15, 0.2) is 40.8 Å². The number of hydrogen-bond acceptors (Lipinski definition) is 6. The fraction of sp³-hybridized carbons (Fsp3) is 0.348. The lowest BCUT2D eigenvalue weighted by Gasteiger charge is -2.19. The molecule has 0 unspecified atom stereocenters. The minimum atomic E-state index is -0.634. The molecule has 31 heavy (non-hydrogen) atoms. The first kappa shape index (κ1) is 22.1. The lowest BCUT2D eigenvalue weighted by Crippen LogP contribution is -2.15. The minimum Gasteiger partial charge on any atom is -0.486 e. The van der Waals surface area contributed by atoms with Crippen LogP contribution in [0.1, 0.15) is 58.8 Å². The van der Waals surface area contributed by atoms with E-state index in [2.05, 4.69) is 31.2 Å². The summed E-state index contributed by atoms with van der Waals surface area (Å²) in [4.78, 5) is 24.6. The van der Waals surface area contributed by atoms with E-state index in [1.54, 1.807) is 26.1 Å². The average Bonchev–Trinajstić information content (AvgIpc) is 3.32. The predicted octanol–water partition coefficient (Wildman–Crippen LogP) is 4.24. The highest BCUT2D eigenvalue weighted by Gasteiger charge is 2.23. The van der Waals surface area contributed by atoms with E-state index < -0.39 is 11.9 Å². The normalized spacial score (nSPS) is 11.3. The number of aromatic nitrogens is 2. The van der Waals surface area contributed by atoms with Crippen molar-refractivity contribution in [3.63, 3.8) is 0 Å². The third kappa shape index (κ3) is 4.96. The molecule has 0 saturated carbocycles. The van der Waals surface area contributed by atoms with Crippen molar-refractivity contribution < 1.29 is 23.5 Å². The van der Waals surface area contributed by atoms with Crippen LogP contribution in [0.3, 0.4) is 0 Å². The second-order valence-electron chi connectivity index (χ2n) is 8.21. The smallest absolute Gasteiger partial charge is 0.360 e. The zero-order valence-corrected chi connectivity index (χ0v) is 18.6. The number of aryl methyl sites for hydroxylation is 1. The molecule has 1 aromatic carbocycles. The summed E-state index contributed by atoms with van der Waals surface area (Å²) in [6, 6.07) is 11.1. The van der Waals surface area contributed by atoms with Crippen LogP contribution < -0.4 is 10.1 Å². The van der Waals surface area contributed by atoms with E-state index in [0.717, 1.165) is 0 Å². The number of carbonyl (C=O) groups is 2. The summed E-state index contributed by atoms with van der Waals surface area (Å²) in [6.07, 6.45) is 0. The minimum absolute atomic E-state index is 0.0321. The maximum Gasteiger partial charge on any atom is 0.360 e. The number of amides is 1. The van der Waals surface area contributed by atoms with Gasteiger partial charge in [0.15, 0.2) is 11.5 Å². The summed E-state index contributed by atoms with van der Waals surface area (Å²) < 4.78 is 17.6. The first-order valence-electron chi connectivity index (χ1n) is 9.85. The van der Waals surface area contributed by atoms with Gasteiger partial charge in [-0.25, -0.2) is 4.79 Å². The van der Waals surface area contributed by atoms with Crippen LogP contribution in [-0.4, -0.2) is 28.8 Å². The molecule has 2 heterocycles. The van der Waals surface area contributed by atoms with Gasteiger partial charge in [0.1, 0.15) is 18.1 Å². The van der Waals surface area contributed by atoms with Crippen LogP contribution in [0, 0.1) is 6.92 Å². The number of furan rings is 1. The Morgan fingerprint density at radius 3 is 2.42 bits per heavy atom. The topological polar surface area (TPSA) is 95.6 Å². The fourth-order valence-corrected chi connectivity index (χ4v) is 2.96. The van der Waals surface area contributed by atoms with E-state index in [0.29, 0.717) is 17.2 Å². The molecule has 3 rings (SSSR count). The summed E-state index contributed by atoms with van der Waals surface area (Å²) in [5.41, 5.74) is 2.22. The molecule has 2 aromatic heterocycles. The molecule has 1 N–H and O–H groups in total. The average molecular weight is 425 g/mol. The van der Waals surface area contributed by atoms with Crippen molar-refractivity contribution in [3.8, 4) is 5.75 Å². The quantitative estimate of drug-likeness (QED) is 0.594. The lowest BCUT2D eigenvalue weighted by molar-refractivity contribution is 0.0594. The van der Waals surface area contributed by atoms with Crippen molar-refractivity contribution in [2.24, 2.45) is 7.05 Å². The van der Waals surface area contributed by atoms with E-state index in [-0.39, 0.29) is 29.2 Å². The molecule has 3 aromatic rings. The predicted molar refractivity (Wildman–Crippen MR) is 115 cm³/mol. The first-order valence-corrected chi connectivity index (χ1v) is 9.85. The lowest BCUT2D eigenvalue weighted by atomic mass is 9.87. The SMILES string of the molecule is COC(=O)c1nn(C)c(C)c1NC(=O)c1ccc(COc2ccc(C(C)(C)C)cc2)o1. The van der Waals surface area contributed by atoms with Crippen LogP contribution in [0.2, 0.25) is 0 Å². The van der Waals surface area contributed by atoms with Gasteiger partial charge in [-0.15, -0.1) is 0 Å². The monoisotopic (exact) mass is 425 g/mol. The summed E-state index contributed by atoms with van der Waals surface area (Å²) >= 11 is 0. The van der Waals surface area contributed by atoms with Crippen LogP contribution >= 0.6 is 0 Å². The van der Waals surface area contributed by atoms with Crippen molar-refractivity contribution in [1.82, 2.24) is 9.78 Å². The first-order chi connectivity index (χ1) is 14.6. The molecular formula is C23H27N3O5. The molecule has 0 spiro atoms. The molecule has 8 heteroatoms. The number of carbonyl (C=O) groups excluding carboxylic acids is 2. The third-order valence-electron chi connectivity index (χ3n) is 4.94. The second kappa shape index (κ2) is 8.67. The summed E-state index contributed by atoms with van der Waals surface area (Å²) in [5, 5.41) is 6.77. The Hall–Kier alpha value is -3.55. The standard InChI is InChI=1S/C23H27N3O5/c1-14-19(20(22(28)29-6)25-26(14)5)24-21(27)18-12-11-17(31-18)13-30-16-9-7-15(8-10-16)23(2,3)4/h7-12H,13H2,1-6H3,(H,24,27). The number of rotatable bonds is 6. The van der Waals surface area contributed by atoms with E-state index in [4.69, 9.17) is 13.9 Å². The van der Waals surface area contributed by atoms with Gasteiger partial charge in [0.2, 0.25) is 0 Å². The van der Waals surface area contributed by atoms with E-state index in [1.807, 2.05) is 24.3 Å². The number of methoxy groups -OCH3 is 1. The Morgan fingerprint density at radius 1 is 1.13 bits per heavy atom. The maximum absolute atomic E-state index is 12.6. The van der Waals surface area contributed by atoms with Crippen molar-refractivity contribution in [2.75, 3.05) is 12.4 Å². The molecule has 0 aliphatic rings. The summed E-state index contributed by atoms with van der Waals surface area (Å²) in [6.45, 7) is 8.38. The number of nitrogens with one attached hydrogen (secondary N) is 1. The maximum atomic E-state index is 12.6. The highest BCUT2D eigenvalue weighted by atomic mass is 16.5. The number of esters is 1. The molecule has 8 nitrogen and oxygen atoms in total. The van der Waals surface area contributed by atoms with Crippen molar-refractivity contribution in [2.45, 2.75) is 39.7 Å². The van der Waals surface area contributed by atoms with Gasteiger partial charge in [-0.05, 0) is 42.2 Å². The Morgan fingerprint density at radius 2 is 1.81 bits per heavy atom. The van der Waals surface area contributed by atoms with E-state index in [1.165, 1.54) is 17.4 Å². The Labute approximate surface area is 181 Å². The molecule has 0 saturated heterocycles. The molecular weight excluding hydrogens is 398 g/mol. The molecule has 0 aliphatic heterocycles. The van der Waals surface area contributed by atoms with Crippen LogP contribution in [0.25, 0.3) is 0 Å². The zero-order chi connectivity index (χ0) is 22.8. The van der Waals surface area contributed by atoms with Crippen molar-refractivity contribution >= 4 is 17.6 Å². The largest absolute Gasteiger partial charge is 0.486 e. The number of hydrogen-bond donors (Lipinski definition) is 1. The highest BCUT2D eigenvalue weighted by molar-refractivity contribution is 6.06. The summed E-state index contributed by atoms with van der Waals surface area (Å²) in [5.74, 6) is 0.179. The molecule has 1 amide bonds. The molecule has 0 atom stereocenters. The summed E-state index contributed by atoms with van der Waals surface area (Å²) in [7, 11) is 2.93. The van der Waals surface area contributed by atoms with Crippen LogP contribution in [-0.2, 0) is 23.8 Å². The molecule has 0 radical (unpaired) electrons. The van der Waals surface area contributed by atoms with Gasteiger partial charge in [-0.3, -0.25) is 9.48 Å². The van der Waals surface area contributed by atoms with Gasteiger partial charge < -0.3 is 19.2 Å².